The molecular weight excluding hydrogens is 260 g/mol. The fourth-order valence-electron chi connectivity index (χ4n) is 3.70. The van der Waals surface area contributed by atoms with Crippen molar-refractivity contribution in [3.63, 3.8) is 0 Å². The first-order valence-corrected chi connectivity index (χ1v) is 8.43. The Morgan fingerprint density at radius 2 is 2.10 bits per heavy atom. The number of hydrogen-bond donors (Lipinski definition) is 1. The van der Waals surface area contributed by atoms with Crippen molar-refractivity contribution in [2.75, 3.05) is 38.1 Å². The Labute approximate surface area is 128 Å². The van der Waals surface area contributed by atoms with Crippen LogP contribution in [0.25, 0.3) is 0 Å². The molecule has 2 aliphatic heterocycles. The van der Waals surface area contributed by atoms with E-state index in [0.29, 0.717) is 0 Å². The minimum absolute atomic E-state index is 0.743. The van der Waals surface area contributed by atoms with E-state index in [1.807, 2.05) is 7.05 Å². The van der Waals surface area contributed by atoms with Gasteiger partial charge in [-0.05, 0) is 57.0 Å². The van der Waals surface area contributed by atoms with Gasteiger partial charge in [-0.25, -0.2) is 4.98 Å². The second-order valence-corrected chi connectivity index (χ2v) is 6.34. The van der Waals surface area contributed by atoms with Crippen LogP contribution in [-0.2, 0) is 13.0 Å². The fourth-order valence-corrected chi connectivity index (χ4v) is 3.70. The van der Waals surface area contributed by atoms with Gasteiger partial charge in [0.25, 0.3) is 0 Å². The van der Waals surface area contributed by atoms with Crippen LogP contribution >= 0.6 is 0 Å². The Morgan fingerprint density at radius 3 is 2.90 bits per heavy atom. The molecule has 2 saturated heterocycles. The molecule has 21 heavy (non-hydrogen) atoms. The van der Waals surface area contributed by atoms with Gasteiger partial charge < -0.3 is 10.2 Å². The van der Waals surface area contributed by atoms with Gasteiger partial charge in [0.1, 0.15) is 5.82 Å². The van der Waals surface area contributed by atoms with Crippen LogP contribution in [0, 0.1) is 0 Å². The van der Waals surface area contributed by atoms with Crippen LogP contribution < -0.4 is 10.2 Å². The lowest BCUT2D eigenvalue weighted by Gasteiger charge is -2.27. The number of nitrogens with zero attached hydrogens (tertiary/aromatic N) is 3. The molecule has 0 aliphatic carbocycles. The fraction of sp³-hybridized carbons (Fsp3) is 0.706. The van der Waals surface area contributed by atoms with Crippen molar-refractivity contribution in [3.05, 3.63) is 23.4 Å². The maximum absolute atomic E-state index is 4.89. The normalized spacial score (nSPS) is 23.1. The summed E-state index contributed by atoms with van der Waals surface area (Å²) in [7, 11) is 2.01. The average Bonchev–Trinajstić information content (AvgIpc) is 2.84. The zero-order valence-electron chi connectivity index (χ0n) is 13.4. The van der Waals surface area contributed by atoms with E-state index >= 15 is 0 Å². The highest BCUT2D eigenvalue weighted by atomic mass is 15.3. The predicted octanol–water partition coefficient (Wildman–Crippen LogP) is 2.04. The summed E-state index contributed by atoms with van der Waals surface area (Å²) in [5.74, 6) is 1.19. The van der Waals surface area contributed by atoms with Gasteiger partial charge in [-0.15, -0.1) is 0 Å². The molecule has 0 bridgehead atoms. The predicted molar refractivity (Wildman–Crippen MR) is 87.8 cm³/mol. The van der Waals surface area contributed by atoms with Gasteiger partial charge in [0.15, 0.2) is 0 Å². The molecule has 3 heterocycles. The lowest BCUT2D eigenvalue weighted by Crippen LogP contribution is -2.37. The number of aromatic nitrogens is 1. The summed E-state index contributed by atoms with van der Waals surface area (Å²) in [6, 6.07) is 5.26. The van der Waals surface area contributed by atoms with Crippen LogP contribution in [0.3, 0.4) is 0 Å². The Morgan fingerprint density at radius 1 is 1.24 bits per heavy atom. The zero-order valence-corrected chi connectivity index (χ0v) is 13.4. The first-order chi connectivity index (χ1) is 10.3. The van der Waals surface area contributed by atoms with Crippen LogP contribution in [-0.4, -0.2) is 49.2 Å². The van der Waals surface area contributed by atoms with E-state index in [0.717, 1.165) is 32.1 Å². The number of fused-ring (bicyclic) bond motifs is 1. The Kier molecular flexibility index (Phi) is 4.76. The molecule has 0 amide bonds. The number of aryl methyl sites for hydroxylation is 1. The highest BCUT2D eigenvalue weighted by Crippen LogP contribution is 2.25. The van der Waals surface area contributed by atoms with Crippen molar-refractivity contribution in [1.29, 1.82) is 0 Å². The monoisotopic (exact) mass is 288 g/mol. The van der Waals surface area contributed by atoms with E-state index in [-0.39, 0.29) is 0 Å². The largest absolute Gasteiger partial charge is 0.355 e. The van der Waals surface area contributed by atoms with Crippen LogP contribution in [0.1, 0.15) is 37.4 Å². The van der Waals surface area contributed by atoms with Crippen LogP contribution in [0.5, 0.6) is 0 Å². The molecular formula is C17H28N4. The Balaban J connectivity index is 1.82. The number of hydrogen-bond acceptors (Lipinski definition) is 4. The number of pyridine rings is 1. The zero-order chi connectivity index (χ0) is 14.7. The first kappa shape index (κ1) is 14.8. The summed E-state index contributed by atoms with van der Waals surface area (Å²) in [4.78, 5) is 10.1. The molecule has 116 valence electrons. The summed E-state index contributed by atoms with van der Waals surface area (Å²) in [5, 5.41) is 3.26. The second-order valence-electron chi connectivity index (χ2n) is 6.34. The third kappa shape index (κ3) is 3.38. The molecule has 1 unspecified atom stereocenters. The van der Waals surface area contributed by atoms with Crippen LogP contribution in [0.15, 0.2) is 12.1 Å². The SMILES string of the molecule is CCc1cc(CNC)cc(N2CCCN3CCCC3C2)n1. The molecule has 4 heteroatoms. The molecule has 1 aromatic rings. The molecule has 2 fully saturated rings. The summed E-state index contributed by atoms with van der Waals surface area (Å²) >= 11 is 0. The molecule has 2 aliphatic rings. The second kappa shape index (κ2) is 6.75. The molecule has 0 aromatic carbocycles. The number of anilines is 1. The topological polar surface area (TPSA) is 31.4 Å². The molecule has 0 spiro atoms. The molecule has 1 aromatic heterocycles. The van der Waals surface area contributed by atoms with Gasteiger partial charge in [-0.1, -0.05) is 6.92 Å². The van der Waals surface area contributed by atoms with Crippen molar-refractivity contribution in [2.24, 2.45) is 0 Å². The smallest absolute Gasteiger partial charge is 0.129 e. The summed E-state index contributed by atoms with van der Waals surface area (Å²) < 4.78 is 0. The van der Waals surface area contributed by atoms with Gasteiger partial charge in [0.05, 0.1) is 0 Å². The van der Waals surface area contributed by atoms with Gasteiger partial charge in [0, 0.05) is 37.9 Å². The van der Waals surface area contributed by atoms with Gasteiger partial charge in [-0.2, -0.15) is 0 Å². The van der Waals surface area contributed by atoms with Gasteiger partial charge in [-0.3, -0.25) is 4.90 Å². The standard InChI is InChI=1S/C17H28N4/c1-3-15-10-14(12-18-2)11-17(19-15)21-9-5-8-20-7-4-6-16(20)13-21/h10-11,16,18H,3-9,12-13H2,1-2H3. The molecule has 0 radical (unpaired) electrons. The van der Waals surface area contributed by atoms with Crippen LogP contribution in [0.4, 0.5) is 5.82 Å². The maximum atomic E-state index is 4.89. The molecule has 1 atom stereocenters. The average molecular weight is 288 g/mol. The van der Waals surface area contributed by atoms with Gasteiger partial charge >= 0.3 is 0 Å². The molecule has 1 N–H and O–H groups in total. The Bertz CT molecular complexity index is 474. The van der Waals surface area contributed by atoms with E-state index in [4.69, 9.17) is 4.98 Å². The summed E-state index contributed by atoms with van der Waals surface area (Å²) in [6.07, 6.45) is 4.99. The molecule has 3 rings (SSSR count). The van der Waals surface area contributed by atoms with Crippen LogP contribution in [0.2, 0.25) is 0 Å². The van der Waals surface area contributed by atoms with E-state index < -0.39 is 0 Å². The quantitative estimate of drug-likeness (QED) is 0.919. The lowest BCUT2D eigenvalue weighted by molar-refractivity contribution is 0.273. The minimum Gasteiger partial charge on any atom is -0.355 e. The molecule has 4 nitrogen and oxygen atoms in total. The third-order valence-electron chi connectivity index (χ3n) is 4.80. The van der Waals surface area contributed by atoms with E-state index in [1.54, 1.807) is 0 Å². The lowest BCUT2D eigenvalue weighted by atomic mass is 10.1. The highest BCUT2D eigenvalue weighted by Gasteiger charge is 2.29. The van der Waals surface area contributed by atoms with E-state index in [1.165, 1.54) is 49.4 Å². The third-order valence-corrected chi connectivity index (χ3v) is 4.80. The van der Waals surface area contributed by atoms with Crippen molar-refractivity contribution in [2.45, 2.75) is 45.2 Å². The Hall–Kier alpha value is -1.13. The van der Waals surface area contributed by atoms with Crippen molar-refractivity contribution < 1.29 is 0 Å². The van der Waals surface area contributed by atoms with E-state index in [9.17, 15) is 0 Å². The van der Waals surface area contributed by atoms with E-state index in [2.05, 4.69) is 34.2 Å². The van der Waals surface area contributed by atoms with Crippen molar-refractivity contribution >= 4 is 5.82 Å². The van der Waals surface area contributed by atoms with Crippen molar-refractivity contribution in [3.8, 4) is 0 Å². The maximum Gasteiger partial charge on any atom is 0.129 e. The summed E-state index contributed by atoms with van der Waals surface area (Å²) in [6.45, 7) is 7.97. The molecule has 0 saturated carbocycles. The van der Waals surface area contributed by atoms with Gasteiger partial charge in [0.2, 0.25) is 0 Å². The summed E-state index contributed by atoms with van der Waals surface area (Å²) in [5.41, 5.74) is 2.57. The number of nitrogens with one attached hydrogen (secondary N) is 1. The minimum atomic E-state index is 0.743. The highest BCUT2D eigenvalue weighted by molar-refractivity contribution is 5.43. The first-order valence-electron chi connectivity index (χ1n) is 8.43. The van der Waals surface area contributed by atoms with Crippen molar-refractivity contribution in [1.82, 2.24) is 15.2 Å². The number of rotatable bonds is 4.